The van der Waals surface area contributed by atoms with Crippen LogP contribution in [0.4, 0.5) is 0 Å². The highest BCUT2D eigenvalue weighted by atomic mass is 15.4. The van der Waals surface area contributed by atoms with Crippen LogP contribution in [0.1, 0.15) is 29.8 Å². The summed E-state index contributed by atoms with van der Waals surface area (Å²) in [6.07, 6.45) is 0. The van der Waals surface area contributed by atoms with Gasteiger partial charge in [-0.15, -0.1) is 5.10 Å². The zero-order chi connectivity index (χ0) is 15.5. The summed E-state index contributed by atoms with van der Waals surface area (Å²) in [5.41, 5.74) is 4.38. The quantitative estimate of drug-likeness (QED) is 0.737. The standard InChI is InChI=1S/C18H16N4/c1-13-8-10-16(11-9-13)18-17(12-19)20-21-22(18)14(2)15-6-4-3-5-7-15/h3-11,14H,1-2H3. The Morgan fingerprint density at radius 1 is 1.05 bits per heavy atom. The van der Waals surface area contributed by atoms with Crippen molar-refractivity contribution in [2.24, 2.45) is 0 Å². The Morgan fingerprint density at radius 3 is 2.36 bits per heavy atom. The number of aryl methyl sites for hydroxylation is 1. The Morgan fingerprint density at radius 2 is 1.73 bits per heavy atom. The van der Waals surface area contributed by atoms with Crippen molar-refractivity contribution in [3.05, 3.63) is 71.4 Å². The highest BCUT2D eigenvalue weighted by Gasteiger charge is 2.19. The largest absolute Gasteiger partial charge is 0.236 e. The predicted octanol–water partition coefficient (Wildman–Crippen LogP) is 3.73. The van der Waals surface area contributed by atoms with Gasteiger partial charge >= 0.3 is 0 Å². The van der Waals surface area contributed by atoms with Crippen molar-refractivity contribution in [2.75, 3.05) is 0 Å². The Kier molecular flexibility index (Phi) is 3.71. The molecule has 2 aromatic carbocycles. The first kappa shape index (κ1) is 14.0. The summed E-state index contributed by atoms with van der Waals surface area (Å²) < 4.78 is 1.82. The van der Waals surface area contributed by atoms with Gasteiger partial charge in [-0.3, -0.25) is 0 Å². The fourth-order valence-electron chi connectivity index (χ4n) is 2.49. The first-order valence-corrected chi connectivity index (χ1v) is 7.18. The van der Waals surface area contributed by atoms with E-state index < -0.39 is 0 Å². The molecule has 0 aliphatic heterocycles. The number of hydrogen-bond donors (Lipinski definition) is 0. The molecule has 0 aliphatic rings. The molecule has 0 spiro atoms. The lowest BCUT2D eigenvalue weighted by Crippen LogP contribution is -2.10. The van der Waals surface area contributed by atoms with Gasteiger partial charge in [-0.2, -0.15) is 5.26 Å². The highest BCUT2D eigenvalue weighted by Crippen LogP contribution is 2.27. The van der Waals surface area contributed by atoms with Crippen LogP contribution in [0.5, 0.6) is 0 Å². The molecule has 1 atom stereocenters. The minimum atomic E-state index is 0.00658. The summed E-state index contributed by atoms with van der Waals surface area (Å²) in [4.78, 5) is 0. The third-order valence-electron chi connectivity index (χ3n) is 3.77. The Labute approximate surface area is 129 Å². The van der Waals surface area contributed by atoms with E-state index in [0.29, 0.717) is 5.69 Å². The van der Waals surface area contributed by atoms with Gasteiger partial charge < -0.3 is 0 Å². The molecule has 1 aromatic heterocycles. The molecule has 0 N–H and O–H groups in total. The van der Waals surface area contributed by atoms with Gasteiger partial charge in [0.25, 0.3) is 0 Å². The minimum absolute atomic E-state index is 0.00658. The van der Waals surface area contributed by atoms with E-state index in [1.807, 2.05) is 54.1 Å². The van der Waals surface area contributed by atoms with Crippen LogP contribution in [-0.4, -0.2) is 15.0 Å². The van der Waals surface area contributed by atoms with Gasteiger partial charge in [0.1, 0.15) is 11.8 Å². The van der Waals surface area contributed by atoms with E-state index in [4.69, 9.17) is 0 Å². The molecule has 0 bridgehead atoms. The molecule has 0 fully saturated rings. The van der Waals surface area contributed by atoms with E-state index in [-0.39, 0.29) is 6.04 Å². The second-order valence-electron chi connectivity index (χ2n) is 5.30. The van der Waals surface area contributed by atoms with Crippen LogP contribution >= 0.6 is 0 Å². The number of rotatable bonds is 3. The molecule has 3 aromatic rings. The molecule has 0 radical (unpaired) electrons. The third-order valence-corrected chi connectivity index (χ3v) is 3.77. The van der Waals surface area contributed by atoms with Crippen LogP contribution in [-0.2, 0) is 0 Å². The molecule has 0 saturated carbocycles. The molecule has 0 saturated heterocycles. The molecule has 4 heteroatoms. The number of nitriles is 1. The smallest absolute Gasteiger partial charge is 0.190 e. The lowest BCUT2D eigenvalue weighted by Gasteiger charge is -2.15. The minimum Gasteiger partial charge on any atom is -0.236 e. The topological polar surface area (TPSA) is 54.5 Å². The second kappa shape index (κ2) is 5.82. The first-order chi connectivity index (χ1) is 10.7. The Balaban J connectivity index is 2.12. The van der Waals surface area contributed by atoms with Crippen LogP contribution < -0.4 is 0 Å². The normalized spacial score (nSPS) is 11.9. The number of aromatic nitrogens is 3. The average molecular weight is 288 g/mol. The van der Waals surface area contributed by atoms with E-state index in [2.05, 4.69) is 35.4 Å². The van der Waals surface area contributed by atoms with E-state index in [0.717, 1.165) is 16.8 Å². The van der Waals surface area contributed by atoms with Gasteiger partial charge in [-0.1, -0.05) is 65.4 Å². The van der Waals surface area contributed by atoms with E-state index in [9.17, 15) is 5.26 Å². The molecule has 4 nitrogen and oxygen atoms in total. The van der Waals surface area contributed by atoms with E-state index >= 15 is 0 Å². The summed E-state index contributed by atoms with van der Waals surface area (Å²) in [6, 6.07) is 20.3. The maximum atomic E-state index is 9.33. The van der Waals surface area contributed by atoms with Crippen molar-refractivity contribution < 1.29 is 0 Å². The van der Waals surface area contributed by atoms with Crippen molar-refractivity contribution in [3.8, 4) is 17.3 Å². The molecule has 108 valence electrons. The zero-order valence-corrected chi connectivity index (χ0v) is 12.6. The zero-order valence-electron chi connectivity index (χ0n) is 12.6. The lowest BCUT2D eigenvalue weighted by atomic mass is 10.1. The van der Waals surface area contributed by atoms with Crippen molar-refractivity contribution >= 4 is 0 Å². The maximum Gasteiger partial charge on any atom is 0.190 e. The molecule has 3 rings (SSSR count). The lowest BCUT2D eigenvalue weighted by molar-refractivity contribution is 0.548. The average Bonchev–Trinajstić information content (AvgIpc) is 2.99. The monoisotopic (exact) mass is 288 g/mol. The van der Waals surface area contributed by atoms with Crippen molar-refractivity contribution in [2.45, 2.75) is 19.9 Å². The molecule has 22 heavy (non-hydrogen) atoms. The third kappa shape index (κ3) is 2.49. The van der Waals surface area contributed by atoms with Crippen LogP contribution in [0.25, 0.3) is 11.3 Å². The van der Waals surface area contributed by atoms with E-state index in [1.54, 1.807) is 0 Å². The maximum absolute atomic E-state index is 9.33. The van der Waals surface area contributed by atoms with Crippen molar-refractivity contribution in [1.82, 2.24) is 15.0 Å². The molecular weight excluding hydrogens is 272 g/mol. The summed E-state index contributed by atoms with van der Waals surface area (Å²) in [6.45, 7) is 4.10. The SMILES string of the molecule is Cc1ccc(-c2c(C#N)nnn2C(C)c2ccccc2)cc1. The van der Waals surface area contributed by atoms with Crippen molar-refractivity contribution in [1.29, 1.82) is 5.26 Å². The van der Waals surface area contributed by atoms with Crippen LogP contribution in [0, 0.1) is 18.3 Å². The van der Waals surface area contributed by atoms with Crippen LogP contribution in [0.3, 0.4) is 0 Å². The molecule has 1 unspecified atom stereocenters. The summed E-state index contributed by atoms with van der Waals surface area (Å²) in [5.74, 6) is 0. The number of benzene rings is 2. The van der Waals surface area contributed by atoms with Gasteiger partial charge in [0, 0.05) is 5.56 Å². The Bertz CT molecular complexity index is 811. The second-order valence-corrected chi connectivity index (χ2v) is 5.30. The van der Waals surface area contributed by atoms with Gasteiger partial charge in [0.15, 0.2) is 5.69 Å². The summed E-state index contributed by atoms with van der Waals surface area (Å²) in [5, 5.41) is 17.6. The highest BCUT2D eigenvalue weighted by molar-refractivity contribution is 5.65. The molecular formula is C18H16N4. The van der Waals surface area contributed by atoms with Gasteiger partial charge in [0.2, 0.25) is 0 Å². The Hall–Kier alpha value is -2.93. The molecule has 0 aliphatic carbocycles. The molecule has 1 heterocycles. The van der Waals surface area contributed by atoms with E-state index in [1.165, 1.54) is 5.56 Å². The fourth-order valence-corrected chi connectivity index (χ4v) is 2.49. The number of hydrogen-bond acceptors (Lipinski definition) is 3. The first-order valence-electron chi connectivity index (χ1n) is 7.18. The molecule has 0 amide bonds. The fraction of sp³-hybridized carbons (Fsp3) is 0.167. The van der Waals surface area contributed by atoms with Gasteiger partial charge in [-0.05, 0) is 19.4 Å². The van der Waals surface area contributed by atoms with Gasteiger partial charge in [0.05, 0.1) is 6.04 Å². The summed E-state index contributed by atoms with van der Waals surface area (Å²) >= 11 is 0. The van der Waals surface area contributed by atoms with Gasteiger partial charge in [-0.25, -0.2) is 4.68 Å². The van der Waals surface area contributed by atoms with Crippen LogP contribution in [0.15, 0.2) is 54.6 Å². The number of nitrogens with zero attached hydrogens (tertiary/aromatic N) is 4. The van der Waals surface area contributed by atoms with Crippen molar-refractivity contribution in [3.63, 3.8) is 0 Å². The van der Waals surface area contributed by atoms with Crippen LogP contribution in [0.2, 0.25) is 0 Å². The predicted molar refractivity (Wildman–Crippen MR) is 85.2 cm³/mol. The summed E-state index contributed by atoms with van der Waals surface area (Å²) in [7, 11) is 0.